The van der Waals surface area contributed by atoms with Gasteiger partial charge in [0.1, 0.15) is 0 Å². The molecule has 0 saturated carbocycles. The van der Waals surface area contributed by atoms with Gasteiger partial charge in [-0.25, -0.2) is 0 Å². The summed E-state index contributed by atoms with van der Waals surface area (Å²) in [6, 6.07) is 0. The Balaban J connectivity index is 3.76. The lowest BCUT2D eigenvalue weighted by atomic mass is 10.3. The molecule has 5 heteroatoms. The molecular formula is C12H23NO4. The van der Waals surface area contributed by atoms with Crippen LogP contribution in [0.1, 0.15) is 33.6 Å². The van der Waals surface area contributed by atoms with Crippen LogP contribution < -0.4 is 0 Å². The lowest BCUT2D eigenvalue weighted by Gasteiger charge is -2.19. The van der Waals surface area contributed by atoms with Gasteiger partial charge in [-0.15, -0.1) is 0 Å². The molecule has 0 aliphatic heterocycles. The molecule has 5 nitrogen and oxygen atoms in total. The summed E-state index contributed by atoms with van der Waals surface area (Å²) < 4.78 is 9.69. The van der Waals surface area contributed by atoms with Crippen LogP contribution in [0, 0.1) is 0 Å². The normalized spacial score (nSPS) is 10.4. The maximum Gasteiger partial charge on any atom is 0.307 e. The number of carbonyl (C=O) groups is 2. The summed E-state index contributed by atoms with van der Waals surface area (Å²) in [6.45, 7) is 8.44. The van der Waals surface area contributed by atoms with Crippen LogP contribution in [0.2, 0.25) is 0 Å². The average molecular weight is 245 g/mol. The minimum absolute atomic E-state index is 0.193. The van der Waals surface area contributed by atoms with Gasteiger partial charge in [0.15, 0.2) is 0 Å². The smallest absolute Gasteiger partial charge is 0.307 e. The van der Waals surface area contributed by atoms with Crippen molar-refractivity contribution in [1.82, 2.24) is 4.90 Å². The first-order valence-corrected chi connectivity index (χ1v) is 6.17. The number of hydrogen-bond donors (Lipinski definition) is 0. The van der Waals surface area contributed by atoms with Gasteiger partial charge in [0.25, 0.3) is 0 Å². The van der Waals surface area contributed by atoms with E-state index in [0.717, 1.165) is 6.54 Å². The van der Waals surface area contributed by atoms with Crippen molar-refractivity contribution in [2.75, 3.05) is 32.8 Å². The second-order valence-electron chi connectivity index (χ2n) is 3.54. The zero-order chi connectivity index (χ0) is 13.1. The van der Waals surface area contributed by atoms with Gasteiger partial charge < -0.3 is 14.4 Å². The first kappa shape index (κ1) is 15.9. The maximum atomic E-state index is 11.2. The van der Waals surface area contributed by atoms with Gasteiger partial charge in [0.2, 0.25) is 0 Å². The predicted molar refractivity (Wildman–Crippen MR) is 64.6 cm³/mol. The summed E-state index contributed by atoms with van der Waals surface area (Å²) in [5.41, 5.74) is 0. The van der Waals surface area contributed by atoms with E-state index in [1.165, 1.54) is 0 Å². The Morgan fingerprint density at radius 2 is 1.29 bits per heavy atom. The molecule has 17 heavy (non-hydrogen) atoms. The molecule has 100 valence electrons. The summed E-state index contributed by atoms with van der Waals surface area (Å²) in [5, 5.41) is 0. The van der Waals surface area contributed by atoms with E-state index in [9.17, 15) is 9.59 Å². The minimum Gasteiger partial charge on any atom is -0.466 e. The fraction of sp³-hybridized carbons (Fsp3) is 0.833. The number of ether oxygens (including phenoxy) is 2. The van der Waals surface area contributed by atoms with E-state index in [4.69, 9.17) is 9.47 Å². The quantitative estimate of drug-likeness (QED) is 0.572. The summed E-state index contributed by atoms with van der Waals surface area (Å²) in [4.78, 5) is 24.4. The molecule has 0 fully saturated rings. The SMILES string of the molecule is CCOC(=O)CCN(CC)CCC(=O)OCC. The Kier molecular flexibility index (Phi) is 9.43. The largest absolute Gasteiger partial charge is 0.466 e. The molecule has 0 rings (SSSR count). The predicted octanol–water partition coefficient (Wildman–Crippen LogP) is 1.21. The zero-order valence-corrected chi connectivity index (χ0v) is 11.0. The Bertz CT molecular complexity index is 209. The summed E-state index contributed by atoms with van der Waals surface area (Å²) in [6.07, 6.45) is 0.731. The summed E-state index contributed by atoms with van der Waals surface area (Å²) in [5.74, 6) is -0.385. The molecule has 0 aliphatic carbocycles. The summed E-state index contributed by atoms with van der Waals surface area (Å²) in [7, 11) is 0. The van der Waals surface area contributed by atoms with E-state index < -0.39 is 0 Å². The van der Waals surface area contributed by atoms with Gasteiger partial charge in [0.05, 0.1) is 26.1 Å². The van der Waals surface area contributed by atoms with Gasteiger partial charge >= 0.3 is 11.9 Å². The lowest BCUT2D eigenvalue weighted by Crippen LogP contribution is -2.29. The first-order valence-electron chi connectivity index (χ1n) is 6.17. The van der Waals surface area contributed by atoms with E-state index in [0.29, 0.717) is 39.1 Å². The molecule has 0 radical (unpaired) electrons. The topological polar surface area (TPSA) is 55.8 Å². The standard InChI is InChI=1S/C12H23NO4/c1-4-13(9-7-11(14)16-5-2)10-8-12(15)17-6-3/h4-10H2,1-3H3. The van der Waals surface area contributed by atoms with Crippen molar-refractivity contribution < 1.29 is 19.1 Å². The van der Waals surface area contributed by atoms with Crippen molar-refractivity contribution >= 4 is 11.9 Å². The lowest BCUT2D eigenvalue weighted by molar-refractivity contribution is -0.143. The Morgan fingerprint density at radius 3 is 1.59 bits per heavy atom. The van der Waals surface area contributed by atoms with Gasteiger partial charge in [-0.1, -0.05) is 6.92 Å². The van der Waals surface area contributed by atoms with E-state index in [2.05, 4.69) is 0 Å². The second kappa shape index (κ2) is 10.1. The molecule has 0 bridgehead atoms. The zero-order valence-electron chi connectivity index (χ0n) is 11.0. The Labute approximate surface area is 103 Å². The van der Waals surface area contributed by atoms with Gasteiger partial charge in [-0.2, -0.15) is 0 Å². The molecule has 0 heterocycles. The highest BCUT2D eigenvalue weighted by Crippen LogP contribution is 1.97. The number of nitrogens with zero attached hydrogens (tertiary/aromatic N) is 1. The van der Waals surface area contributed by atoms with Crippen LogP contribution in [0.25, 0.3) is 0 Å². The van der Waals surface area contributed by atoms with Crippen LogP contribution in [0.15, 0.2) is 0 Å². The van der Waals surface area contributed by atoms with Crippen LogP contribution in [0.3, 0.4) is 0 Å². The number of rotatable bonds is 9. The molecule has 0 aromatic carbocycles. The minimum atomic E-state index is -0.193. The average Bonchev–Trinajstić information content (AvgIpc) is 2.30. The molecule has 0 aromatic rings. The van der Waals surface area contributed by atoms with E-state index in [1.807, 2.05) is 11.8 Å². The second-order valence-corrected chi connectivity index (χ2v) is 3.54. The Morgan fingerprint density at radius 1 is 0.882 bits per heavy atom. The fourth-order valence-electron chi connectivity index (χ4n) is 1.39. The number of carbonyl (C=O) groups excluding carboxylic acids is 2. The Hall–Kier alpha value is -1.10. The van der Waals surface area contributed by atoms with Crippen molar-refractivity contribution in [2.24, 2.45) is 0 Å². The van der Waals surface area contributed by atoms with E-state index in [1.54, 1.807) is 13.8 Å². The molecule has 0 spiro atoms. The molecule has 0 saturated heterocycles. The van der Waals surface area contributed by atoms with Gasteiger partial charge in [-0.3, -0.25) is 9.59 Å². The first-order chi connectivity index (χ1) is 8.13. The van der Waals surface area contributed by atoms with Crippen molar-refractivity contribution in [2.45, 2.75) is 33.6 Å². The molecule has 0 aromatic heterocycles. The fourth-order valence-corrected chi connectivity index (χ4v) is 1.39. The molecule has 0 aliphatic rings. The van der Waals surface area contributed by atoms with Crippen LogP contribution in [-0.4, -0.2) is 49.7 Å². The number of esters is 2. The summed E-state index contributed by atoms with van der Waals surface area (Å²) >= 11 is 0. The van der Waals surface area contributed by atoms with E-state index in [-0.39, 0.29) is 11.9 Å². The molecular weight excluding hydrogens is 222 g/mol. The molecule has 0 atom stereocenters. The van der Waals surface area contributed by atoms with Crippen LogP contribution in [-0.2, 0) is 19.1 Å². The van der Waals surface area contributed by atoms with Crippen molar-refractivity contribution in [3.63, 3.8) is 0 Å². The van der Waals surface area contributed by atoms with Crippen LogP contribution in [0.4, 0.5) is 0 Å². The highest BCUT2D eigenvalue weighted by atomic mass is 16.5. The molecule has 0 amide bonds. The third kappa shape index (κ3) is 8.68. The van der Waals surface area contributed by atoms with Crippen molar-refractivity contribution in [3.8, 4) is 0 Å². The van der Waals surface area contributed by atoms with Gasteiger partial charge in [0, 0.05) is 13.1 Å². The van der Waals surface area contributed by atoms with E-state index >= 15 is 0 Å². The number of hydrogen-bond acceptors (Lipinski definition) is 5. The highest BCUT2D eigenvalue weighted by molar-refractivity contribution is 5.70. The van der Waals surface area contributed by atoms with Crippen LogP contribution in [0.5, 0.6) is 0 Å². The molecule has 0 unspecified atom stereocenters. The molecule has 0 N–H and O–H groups in total. The highest BCUT2D eigenvalue weighted by Gasteiger charge is 2.09. The third-order valence-electron chi connectivity index (χ3n) is 2.32. The van der Waals surface area contributed by atoms with Crippen molar-refractivity contribution in [3.05, 3.63) is 0 Å². The van der Waals surface area contributed by atoms with Crippen molar-refractivity contribution in [1.29, 1.82) is 0 Å². The maximum absolute atomic E-state index is 11.2. The van der Waals surface area contributed by atoms with Crippen LogP contribution >= 0.6 is 0 Å². The third-order valence-corrected chi connectivity index (χ3v) is 2.32. The van der Waals surface area contributed by atoms with Gasteiger partial charge in [-0.05, 0) is 20.4 Å². The monoisotopic (exact) mass is 245 g/mol.